The molecule has 1 aliphatic rings. The minimum atomic E-state index is -4.43. The molecule has 0 radical (unpaired) electrons. The van der Waals surface area contributed by atoms with Crippen molar-refractivity contribution >= 4 is 56.9 Å². The number of anilines is 3. The van der Waals surface area contributed by atoms with Crippen LogP contribution >= 0.6 is 0 Å². The molecule has 5 amide bonds. The summed E-state index contributed by atoms with van der Waals surface area (Å²) in [5.74, 6) is -5.98. The Balaban J connectivity index is 1.40. The zero-order valence-corrected chi connectivity index (χ0v) is 27.7. The molecular weight excluding hydrogens is 666 g/mol. The number of aromatic nitrogens is 1. The van der Waals surface area contributed by atoms with Gasteiger partial charge in [-0.3, -0.25) is 19.1 Å². The second kappa shape index (κ2) is 14.3. The highest BCUT2D eigenvalue weighted by Gasteiger charge is 2.32. The molecule has 1 aliphatic heterocycles. The number of carbonyl (C=O) groups excluding carboxylic acids is 4. The van der Waals surface area contributed by atoms with Crippen molar-refractivity contribution in [2.45, 2.75) is 51.0 Å². The van der Waals surface area contributed by atoms with E-state index >= 15 is 0 Å². The Labute approximate surface area is 280 Å². The van der Waals surface area contributed by atoms with Crippen LogP contribution in [0.5, 0.6) is 0 Å². The number of hydrogen-bond acceptors (Lipinski definition) is 8. The van der Waals surface area contributed by atoms with Crippen molar-refractivity contribution < 1.29 is 46.3 Å². The van der Waals surface area contributed by atoms with Crippen LogP contribution in [0.25, 0.3) is 0 Å². The Morgan fingerprint density at radius 2 is 1.69 bits per heavy atom. The quantitative estimate of drug-likeness (QED) is 0.230. The van der Waals surface area contributed by atoms with E-state index in [4.69, 9.17) is 0 Å². The van der Waals surface area contributed by atoms with Crippen molar-refractivity contribution in [1.29, 1.82) is 0 Å². The minimum absolute atomic E-state index is 0.0633. The number of aryl methyl sites for hydroxylation is 1. The molecule has 4 rings (SSSR count). The van der Waals surface area contributed by atoms with Gasteiger partial charge < -0.3 is 20.6 Å². The zero-order valence-electron chi connectivity index (χ0n) is 26.9. The van der Waals surface area contributed by atoms with E-state index in [1.807, 2.05) is 4.72 Å². The van der Waals surface area contributed by atoms with Gasteiger partial charge in [0.2, 0.25) is 11.8 Å². The third-order valence-electron chi connectivity index (χ3n) is 7.44. The summed E-state index contributed by atoms with van der Waals surface area (Å²) in [6, 6.07) is 6.74. The number of pyridine rings is 1. The van der Waals surface area contributed by atoms with Gasteiger partial charge in [0.05, 0.1) is 16.1 Å². The first-order valence-electron chi connectivity index (χ1n) is 14.9. The number of nitrogens with zero attached hydrogens (tertiary/aromatic N) is 3. The Bertz CT molecular complexity index is 1900. The van der Waals surface area contributed by atoms with Gasteiger partial charge >= 0.3 is 12.0 Å². The molecule has 1 aromatic heterocycles. The van der Waals surface area contributed by atoms with Crippen LogP contribution in [0.2, 0.25) is 0 Å². The second-order valence-corrected chi connectivity index (χ2v) is 13.9. The third kappa shape index (κ3) is 8.72. The lowest BCUT2D eigenvalue weighted by Gasteiger charge is -2.30. The fraction of sp³-hybridized carbons (Fsp3) is 0.312. The number of nitrogens with one attached hydrogen (secondary N) is 3. The summed E-state index contributed by atoms with van der Waals surface area (Å²) in [4.78, 5) is 67.6. The summed E-state index contributed by atoms with van der Waals surface area (Å²) < 4.78 is 57.6. The molecule has 0 saturated carbocycles. The van der Waals surface area contributed by atoms with Gasteiger partial charge in [0, 0.05) is 43.4 Å². The number of imide groups is 1. The molecule has 0 unspecified atom stereocenters. The number of carboxylic acids is 1. The number of halogens is 2. The Kier molecular flexibility index (Phi) is 10.7. The van der Waals surface area contributed by atoms with Gasteiger partial charge in [-0.05, 0) is 54.8 Å². The number of benzene rings is 2. The third-order valence-corrected chi connectivity index (χ3v) is 8.82. The number of amides is 5. The summed E-state index contributed by atoms with van der Waals surface area (Å²) in [5.41, 5.74) is -1.54. The molecule has 3 aromatic rings. The summed E-state index contributed by atoms with van der Waals surface area (Å²) in [7, 11) is -2.88. The molecule has 4 N–H and O–H groups in total. The van der Waals surface area contributed by atoms with Gasteiger partial charge in [0.1, 0.15) is 23.5 Å². The van der Waals surface area contributed by atoms with E-state index in [2.05, 4.69) is 15.6 Å². The van der Waals surface area contributed by atoms with Crippen LogP contribution in [0.1, 0.15) is 49.5 Å². The Morgan fingerprint density at radius 3 is 2.29 bits per heavy atom. The van der Waals surface area contributed by atoms with Crippen molar-refractivity contribution in [3.05, 3.63) is 77.5 Å². The Morgan fingerprint density at radius 1 is 1.02 bits per heavy atom. The van der Waals surface area contributed by atoms with Crippen molar-refractivity contribution in [2.75, 3.05) is 28.5 Å². The second-order valence-electron chi connectivity index (χ2n) is 12.3. The van der Waals surface area contributed by atoms with Crippen LogP contribution in [0.15, 0.2) is 59.6 Å². The van der Waals surface area contributed by atoms with Crippen molar-refractivity contribution in [3.63, 3.8) is 0 Å². The number of carbonyl (C=O) groups is 5. The van der Waals surface area contributed by atoms with Gasteiger partial charge in [-0.2, -0.15) is 0 Å². The molecule has 0 spiro atoms. The number of urea groups is 1. The van der Waals surface area contributed by atoms with E-state index < -0.39 is 68.2 Å². The first kappa shape index (κ1) is 36.4. The van der Waals surface area contributed by atoms with E-state index in [9.17, 15) is 46.3 Å². The molecule has 2 heterocycles. The molecule has 0 aliphatic carbocycles. The smallest absolute Gasteiger partial charge is 0.332 e. The fourth-order valence-electron chi connectivity index (χ4n) is 4.51. The fourth-order valence-corrected chi connectivity index (χ4v) is 5.57. The molecule has 2 aromatic carbocycles. The standard InChI is InChI=1S/C32H34F2N6O8S/c1-32(2,3)30(45)36-19-7-9-20(10-8-19)49(47,48)38-25-16-22(33)21(15-23(25)34)28(42)37-24(29(43)44)11-5-18-6-12-26(35-17-18)40-27(41)13-14-39(4)31(40)46/h6-10,12,15-17,24,38H,5,11,13-14H2,1-4H3,(H,36,45)(H,37,42)(H,43,44)/t24-/m0/s1. The first-order chi connectivity index (χ1) is 22.9. The van der Waals surface area contributed by atoms with Gasteiger partial charge in [-0.25, -0.2) is 36.7 Å². The number of rotatable bonds is 11. The molecular formula is C32H34F2N6O8S. The highest BCUT2D eigenvalue weighted by molar-refractivity contribution is 7.92. The molecule has 0 bridgehead atoms. The van der Waals surface area contributed by atoms with Gasteiger partial charge in [-0.1, -0.05) is 26.8 Å². The topological polar surface area (TPSA) is 195 Å². The van der Waals surface area contributed by atoms with Gasteiger partial charge in [0.15, 0.2) is 0 Å². The number of hydrogen-bond donors (Lipinski definition) is 4. The normalized spacial score (nSPS) is 14.3. The molecule has 1 saturated heterocycles. The summed E-state index contributed by atoms with van der Waals surface area (Å²) in [6.07, 6.45) is 1.35. The lowest BCUT2D eigenvalue weighted by atomic mass is 9.95. The predicted molar refractivity (Wildman–Crippen MR) is 173 cm³/mol. The SMILES string of the molecule is CN1CCC(=O)N(c2ccc(CC[C@H](NC(=O)c3cc(F)c(NS(=O)(=O)c4ccc(NC(=O)C(C)(C)C)cc4)cc3F)C(=O)O)cn2)C1=O. The maximum atomic E-state index is 15.0. The number of aliphatic carboxylic acids is 1. The van der Waals surface area contributed by atoms with Gasteiger partial charge in [0.25, 0.3) is 15.9 Å². The summed E-state index contributed by atoms with van der Waals surface area (Å²) >= 11 is 0. The first-order valence-corrected chi connectivity index (χ1v) is 16.4. The van der Waals surface area contributed by atoms with Crippen LogP contribution in [0.3, 0.4) is 0 Å². The van der Waals surface area contributed by atoms with Crippen LogP contribution in [0, 0.1) is 17.0 Å². The van der Waals surface area contributed by atoms with Gasteiger partial charge in [-0.15, -0.1) is 0 Å². The van der Waals surface area contributed by atoms with Crippen molar-refractivity contribution in [2.24, 2.45) is 5.41 Å². The highest BCUT2D eigenvalue weighted by Crippen LogP contribution is 2.25. The van der Waals surface area contributed by atoms with Crippen LogP contribution < -0.4 is 20.3 Å². The summed E-state index contributed by atoms with van der Waals surface area (Å²) in [6.45, 7) is 5.38. The molecule has 14 nitrogen and oxygen atoms in total. The molecule has 17 heteroatoms. The average Bonchev–Trinajstić information content (AvgIpc) is 3.03. The predicted octanol–water partition coefficient (Wildman–Crippen LogP) is 3.75. The lowest BCUT2D eigenvalue weighted by Crippen LogP contribution is -2.51. The van der Waals surface area contributed by atoms with Crippen LogP contribution in [0.4, 0.5) is 30.8 Å². The van der Waals surface area contributed by atoms with Crippen molar-refractivity contribution in [1.82, 2.24) is 15.2 Å². The largest absolute Gasteiger partial charge is 0.480 e. The molecule has 49 heavy (non-hydrogen) atoms. The molecule has 1 fully saturated rings. The molecule has 1 atom stereocenters. The van der Waals surface area contributed by atoms with Crippen LogP contribution in [-0.4, -0.2) is 72.8 Å². The van der Waals surface area contributed by atoms with E-state index in [1.165, 1.54) is 35.4 Å². The number of sulfonamides is 1. The monoisotopic (exact) mass is 700 g/mol. The minimum Gasteiger partial charge on any atom is -0.480 e. The van der Waals surface area contributed by atoms with E-state index in [1.54, 1.807) is 27.8 Å². The van der Waals surface area contributed by atoms with Crippen LogP contribution in [-0.2, 0) is 30.8 Å². The maximum Gasteiger partial charge on any atom is 0.332 e. The Hall–Kier alpha value is -5.45. The van der Waals surface area contributed by atoms with E-state index in [-0.39, 0.29) is 42.4 Å². The number of carboxylic acid groups (broad SMARTS) is 1. The zero-order chi connectivity index (χ0) is 36.3. The van der Waals surface area contributed by atoms with E-state index in [0.717, 1.165) is 17.0 Å². The highest BCUT2D eigenvalue weighted by atomic mass is 32.2. The lowest BCUT2D eigenvalue weighted by molar-refractivity contribution is -0.139. The summed E-state index contributed by atoms with van der Waals surface area (Å²) in [5, 5.41) is 14.4. The average molecular weight is 701 g/mol. The van der Waals surface area contributed by atoms with E-state index in [0.29, 0.717) is 23.4 Å². The maximum absolute atomic E-state index is 15.0. The molecule has 260 valence electrons. The van der Waals surface area contributed by atoms with Crippen molar-refractivity contribution in [3.8, 4) is 0 Å².